The zero-order valence-corrected chi connectivity index (χ0v) is 22.4. The van der Waals surface area contributed by atoms with E-state index in [1.807, 2.05) is 91.0 Å². The number of hydrogen-bond acceptors (Lipinski definition) is 4. The number of hydrogen-bond donors (Lipinski definition) is 1. The lowest BCUT2D eigenvalue weighted by Gasteiger charge is -2.55. The molecule has 4 amide bonds. The van der Waals surface area contributed by atoms with Crippen LogP contribution in [0.25, 0.3) is 0 Å². The number of rotatable bonds is 8. The number of benzene rings is 3. The Morgan fingerprint density at radius 2 is 1.48 bits per heavy atom. The number of terminal acetylenes is 1. The summed E-state index contributed by atoms with van der Waals surface area (Å²) in [5.74, 6) is 2.25. The molecule has 2 heterocycles. The van der Waals surface area contributed by atoms with Gasteiger partial charge in [-0.25, -0.2) is 9.80 Å². The van der Waals surface area contributed by atoms with Gasteiger partial charge in [0.2, 0.25) is 11.8 Å². The predicted molar refractivity (Wildman–Crippen MR) is 152 cm³/mol. The quantitative estimate of drug-likeness (QED) is 0.450. The summed E-state index contributed by atoms with van der Waals surface area (Å²) in [6, 6.07) is 28.2. The van der Waals surface area contributed by atoms with Gasteiger partial charge >= 0.3 is 6.03 Å². The van der Waals surface area contributed by atoms with Crippen LogP contribution in [0.5, 0.6) is 0 Å². The average molecular weight is 536 g/mol. The van der Waals surface area contributed by atoms with Crippen LogP contribution in [0.4, 0.5) is 4.79 Å². The number of hydrazine groups is 1. The maximum Gasteiger partial charge on any atom is 0.334 e. The highest BCUT2D eigenvalue weighted by Gasteiger charge is 2.51. The van der Waals surface area contributed by atoms with Crippen LogP contribution in [-0.4, -0.2) is 76.0 Å². The Kier molecular flexibility index (Phi) is 8.43. The Labute approximate surface area is 235 Å². The summed E-state index contributed by atoms with van der Waals surface area (Å²) in [6.45, 7) is 1.01. The van der Waals surface area contributed by atoms with Crippen LogP contribution in [0, 0.1) is 12.3 Å². The second-order valence-electron chi connectivity index (χ2n) is 10.0. The minimum Gasteiger partial charge on any atom is -0.337 e. The van der Waals surface area contributed by atoms with Gasteiger partial charge in [0.15, 0.2) is 0 Å². The lowest BCUT2D eigenvalue weighted by atomic mass is 9.98. The molecule has 2 aliphatic rings. The van der Waals surface area contributed by atoms with Crippen molar-refractivity contribution >= 4 is 17.8 Å². The Morgan fingerprint density at radius 1 is 0.875 bits per heavy atom. The number of amides is 4. The van der Waals surface area contributed by atoms with E-state index in [0.29, 0.717) is 25.9 Å². The maximum atomic E-state index is 13.9. The van der Waals surface area contributed by atoms with Gasteiger partial charge in [-0.3, -0.25) is 9.59 Å². The molecule has 8 heteroatoms. The summed E-state index contributed by atoms with van der Waals surface area (Å²) in [5, 5.41) is 6.14. The summed E-state index contributed by atoms with van der Waals surface area (Å²) in [4.78, 5) is 44.6. The number of urea groups is 1. The average Bonchev–Trinajstić information content (AvgIpc) is 2.98. The fourth-order valence-electron chi connectivity index (χ4n) is 5.44. The predicted octanol–water partition coefficient (Wildman–Crippen LogP) is 2.91. The van der Waals surface area contributed by atoms with Crippen molar-refractivity contribution in [3.8, 4) is 12.3 Å². The molecule has 204 valence electrons. The van der Waals surface area contributed by atoms with E-state index in [9.17, 15) is 14.4 Å². The highest BCUT2D eigenvalue weighted by atomic mass is 16.2. The number of nitrogens with one attached hydrogen (secondary N) is 1. The molecule has 2 saturated heterocycles. The fourth-order valence-corrected chi connectivity index (χ4v) is 5.44. The third-order valence-corrected chi connectivity index (χ3v) is 7.38. The van der Waals surface area contributed by atoms with E-state index < -0.39 is 12.2 Å². The van der Waals surface area contributed by atoms with E-state index in [1.54, 1.807) is 19.8 Å². The zero-order valence-electron chi connectivity index (χ0n) is 22.4. The Hall–Kier alpha value is -4.61. The van der Waals surface area contributed by atoms with E-state index in [2.05, 4.69) is 11.2 Å². The van der Waals surface area contributed by atoms with Gasteiger partial charge in [0, 0.05) is 19.5 Å². The maximum absolute atomic E-state index is 13.9. The first kappa shape index (κ1) is 27.0. The number of piperazine rings is 1. The van der Waals surface area contributed by atoms with E-state index in [1.165, 1.54) is 0 Å². The summed E-state index contributed by atoms with van der Waals surface area (Å²) in [7, 11) is 0. The molecule has 0 aromatic heterocycles. The molecule has 8 nitrogen and oxygen atoms in total. The first-order chi connectivity index (χ1) is 19.5. The molecule has 3 aromatic carbocycles. The molecule has 2 atom stereocenters. The van der Waals surface area contributed by atoms with Crippen LogP contribution in [0.3, 0.4) is 0 Å². The van der Waals surface area contributed by atoms with Gasteiger partial charge in [-0.15, -0.1) is 6.42 Å². The number of fused-ring (bicyclic) bond motifs is 1. The first-order valence-electron chi connectivity index (χ1n) is 13.5. The summed E-state index contributed by atoms with van der Waals surface area (Å²) >= 11 is 0. The summed E-state index contributed by atoms with van der Waals surface area (Å²) in [6.07, 6.45) is 5.99. The van der Waals surface area contributed by atoms with Crippen molar-refractivity contribution in [3.05, 3.63) is 108 Å². The molecule has 0 aliphatic carbocycles. The normalized spacial score (nSPS) is 19.2. The number of nitrogens with zero attached hydrogens (tertiary/aromatic N) is 4. The SMILES string of the molecule is C#CCN1CC(=O)N2[C@@H](Cc3ccccc3)C(=O)N(CCc3ccccc3)C[C@@H]2N1C(=O)NCc1ccccc1. The fraction of sp³-hybridized carbons (Fsp3) is 0.281. The van der Waals surface area contributed by atoms with E-state index in [0.717, 1.165) is 16.7 Å². The van der Waals surface area contributed by atoms with Crippen molar-refractivity contribution in [2.75, 3.05) is 26.2 Å². The molecular formula is C32H33N5O3. The van der Waals surface area contributed by atoms with Crippen molar-refractivity contribution in [1.82, 2.24) is 25.1 Å². The van der Waals surface area contributed by atoms with Crippen LogP contribution in [0.2, 0.25) is 0 Å². The van der Waals surface area contributed by atoms with Crippen LogP contribution >= 0.6 is 0 Å². The Bertz CT molecular complexity index is 1360. The zero-order chi connectivity index (χ0) is 27.9. The molecule has 0 saturated carbocycles. The largest absolute Gasteiger partial charge is 0.337 e. The van der Waals surface area contributed by atoms with Gasteiger partial charge < -0.3 is 15.1 Å². The molecule has 3 aromatic rings. The van der Waals surface area contributed by atoms with E-state index in [4.69, 9.17) is 6.42 Å². The van der Waals surface area contributed by atoms with Crippen molar-refractivity contribution in [2.24, 2.45) is 0 Å². The highest BCUT2D eigenvalue weighted by molar-refractivity contribution is 5.91. The molecule has 5 rings (SSSR count). The third-order valence-electron chi connectivity index (χ3n) is 7.38. The minimum atomic E-state index is -0.734. The van der Waals surface area contributed by atoms with E-state index >= 15 is 0 Å². The molecule has 1 N–H and O–H groups in total. The molecule has 0 spiro atoms. The lowest BCUT2D eigenvalue weighted by Crippen LogP contribution is -2.76. The number of carbonyl (C=O) groups is 3. The van der Waals surface area contributed by atoms with Gasteiger partial charge in [-0.05, 0) is 23.1 Å². The van der Waals surface area contributed by atoms with Crippen LogP contribution in [-0.2, 0) is 29.0 Å². The standard InChI is InChI=1S/C32H33N5O3/c1-2-19-35-24-30(38)36-28(21-26-14-8-4-9-15-26)31(39)34(20-18-25-12-6-3-7-13-25)23-29(36)37(35)32(40)33-22-27-16-10-5-11-17-27/h1,3-17,28-29H,18-24H2,(H,33,40)/t28-,29-/m0/s1. The molecule has 2 fully saturated rings. The van der Waals surface area contributed by atoms with Crippen molar-refractivity contribution in [2.45, 2.75) is 31.6 Å². The van der Waals surface area contributed by atoms with Gasteiger partial charge in [-0.1, -0.05) is 96.9 Å². The Balaban J connectivity index is 1.45. The lowest BCUT2D eigenvalue weighted by molar-refractivity contribution is -0.188. The molecule has 0 unspecified atom stereocenters. The third kappa shape index (κ3) is 6.00. The minimum absolute atomic E-state index is 0.0813. The summed E-state index contributed by atoms with van der Waals surface area (Å²) in [5.41, 5.74) is 3.02. The van der Waals surface area contributed by atoms with Crippen LogP contribution < -0.4 is 5.32 Å². The second-order valence-corrected chi connectivity index (χ2v) is 10.0. The van der Waals surface area contributed by atoms with Crippen LogP contribution in [0.1, 0.15) is 16.7 Å². The van der Waals surface area contributed by atoms with Gasteiger partial charge in [0.05, 0.1) is 19.6 Å². The number of carbonyl (C=O) groups excluding carboxylic acids is 3. The summed E-state index contributed by atoms with van der Waals surface area (Å²) < 4.78 is 0. The molecule has 40 heavy (non-hydrogen) atoms. The van der Waals surface area contributed by atoms with Crippen molar-refractivity contribution in [1.29, 1.82) is 0 Å². The van der Waals surface area contributed by atoms with Crippen molar-refractivity contribution in [3.63, 3.8) is 0 Å². The van der Waals surface area contributed by atoms with Crippen molar-refractivity contribution < 1.29 is 14.4 Å². The highest BCUT2D eigenvalue weighted by Crippen LogP contribution is 2.28. The van der Waals surface area contributed by atoms with Gasteiger partial charge in [-0.2, -0.15) is 5.01 Å². The van der Waals surface area contributed by atoms with Gasteiger partial charge in [0.1, 0.15) is 12.2 Å². The molecule has 2 aliphatic heterocycles. The van der Waals surface area contributed by atoms with E-state index in [-0.39, 0.29) is 37.5 Å². The van der Waals surface area contributed by atoms with Crippen LogP contribution in [0.15, 0.2) is 91.0 Å². The smallest absolute Gasteiger partial charge is 0.334 e. The molecule has 0 radical (unpaired) electrons. The Morgan fingerprint density at radius 3 is 2.10 bits per heavy atom. The van der Waals surface area contributed by atoms with Gasteiger partial charge in [0.25, 0.3) is 0 Å². The molecular weight excluding hydrogens is 502 g/mol. The molecule has 0 bridgehead atoms. The first-order valence-corrected chi connectivity index (χ1v) is 13.5. The second kappa shape index (κ2) is 12.5. The monoisotopic (exact) mass is 535 g/mol. The topological polar surface area (TPSA) is 76.2 Å².